The molecule has 1 N–H and O–H groups in total. The summed E-state index contributed by atoms with van der Waals surface area (Å²) in [5.41, 5.74) is 3.10. The van der Waals surface area contributed by atoms with Crippen LogP contribution in [0, 0.1) is 6.92 Å². The molecule has 0 aliphatic carbocycles. The zero-order valence-corrected chi connectivity index (χ0v) is 10.4. The zero-order valence-electron chi connectivity index (χ0n) is 9.58. The summed E-state index contributed by atoms with van der Waals surface area (Å²) in [6.07, 6.45) is 2.42. The number of nitrogens with one attached hydrogen (secondary N) is 1. The van der Waals surface area contributed by atoms with Gasteiger partial charge in [-0.05, 0) is 38.9 Å². The van der Waals surface area contributed by atoms with E-state index in [0.29, 0.717) is 5.41 Å². The van der Waals surface area contributed by atoms with Gasteiger partial charge in [0.1, 0.15) is 5.75 Å². The number of fused-ring (bicyclic) bond motifs is 2. The lowest BCUT2D eigenvalue weighted by Crippen LogP contribution is -2.40. The average Bonchev–Trinajstić information content (AvgIpc) is 2.59. The van der Waals surface area contributed by atoms with Crippen LogP contribution in [0.1, 0.15) is 24.0 Å². The van der Waals surface area contributed by atoms with E-state index in [4.69, 9.17) is 4.74 Å². The summed E-state index contributed by atoms with van der Waals surface area (Å²) in [5, 5.41) is 3.43. The Morgan fingerprint density at radius 2 is 2.00 bits per heavy atom. The summed E-state index contributed by atoms with van der Waals surface area (Å²) in [5.74, 6) is 1.11. The Labute approximate surface area is 103 Å². The van der Waals surface area contributed by atoms with Gasteiger partial charge in [-0.15, -0.1) is 12.4 Å². The van der Waals surface area contributed by atoms with E-state index in [1.54, 1.807) is 0 Å². The van der Waals surface area contributed by atoms with E-state index >= 15 is 0 Å². The Morgan fingerprint density at radius 3 is 2.75 bits per heavy atom. The van der Waals surface area contributed by atoms with Crippen molar-refractivity contribution in [1.29, 1.82) is 0 Å². The second-order valence-electron chi connectivity index (χ2n) is 4.82. The van der Waals surface area contributed by atoms with Gasteiger partial charge in [0.05, 0.1) is 6.61 Å². The monoisotopic (exact) mass is 239 g/mol. The van der Waals surface area contributed by atoms with Crippen molar-refractivity contribution >= 4 is 12.4 Å². The molecule has 0 atom stereocenters. The van der Waals surface area contributed by atoms with Gasteiger partial charge in [0.15, 0.2) is 0 Å². The number of hydrogen-bond acceptors (Lipinski definition) is 2. The van der Waals surface area contributed by atoms with Crippen LogP contribution < -0.4 is 10.1 Å². The van der Waals surface area contributed by atoms with Gasteiger partial charge < -0.3 is 10.1 Å². The lowest BCUT2D eigenvalue weighted by Gasteiger charge is -2.32. The van der Waals surface area contributed by atoms with E-state index in [2.05, 4.69) is 30.4 Å². The van der Waals surface area contributed by atoms with Crippen LogP contribution in [-0.4, -0.2) is 19.7 Å². The van der Waals surface area contributed by atoms with Crippen molar-refractivity contribution in [3.05, 3.63) is 29.3 Å². The molecule has 1 spiro atoms. The highest BCUT2D eigenvalue weighted by atomic mass is 35.5. The third kappa shape index (κ3) is 1.70. The van der Waals surface area contributed by atoms with E-state index in [1.807, 2.05) is 0 Å². The van der Waals surface area contributed by atoms with Gasteiger partial charge >= 0.3 is 0 Å². The number of piperidine rings is 1. The normalized spacial score (nSPS) is 21.1. The lowest BCUT2D eigenvalue weighted by molar-refractivity contribution is 0.220. The molecule has 88 valence electrons. The van der Waals surface area contributed by atoms with E-state index < -0.39 is 0 Å². The van der Waals surface area contributed by atoms with Crippen LogP contribution in [0.2, 0.25) is 0 Å². The van der Waals surface area contributed by atoms with Crippen LogP contribution in [0.25, 0.3) is 0 Å². The van der Waals surface area contributed by atoms with Crippen molar-refractivity contribution in [1.82, 2.24) is 5.32 Å². The fraction of sp³-hybridized carbons (Fsp3) is 0.538. The number of hydrogen-bond donors (Lipinski definition) is 1. The molecular weight excluding hydrogens is 222 g/mol. The summed E-state index contributed by atoms with van der Waals surface area (Å²) in [6.45, 7) is 5.29. The van der Waals surface area contributed by atoms with Crippen LogP contribution in [0.4, 0.5) is 0 Å². The molecule has 2 aliphatic rings. The minimum absolute atomic E-state index is 0. The van der Waals surface area contributed by atoms with Crippen LogP contribution in [0.5, 0.6) is 5.75 Å². The molecule has 0 bridgehead atoms. The number of aryl methyl sites for hydroxylation is 1. The molecule has 0 saturated carbocycles. The number of halogens is 1. The van der Waals surface area contributed by atoms with Gasteiger partial charge in [-0.2, -0.15) is 0 Å². The Hall–Kier alpha value is -0.730. The molecule has 1 saturated heterocycles. The molecule has 2 heterocycles. The SMILES string of the molecule is Cc1ccc2c(c1)C1(CCNCC1)CO2.Cl. The molecule has 2 aliphatic heterocycles. The Morgan fingerprint density at radius 1 is 1.25 bits per heavy atom. The summed E-state index contributed by atoms with van der Waals surface area (Å²) in [4.78, 5) is 0. The fourth-order valence-electron chi connectivity index (χ4n) is 2.80. The summed E-state index contributed by atoms with van der Waals surface area (Å²) < 4.78 is 5.82. The van der Waals surface area contributed by atoms with Crippen LogP contribution in [0.3, 0.4) is 0 Å². The van der Waals surface area contributed by atoms with Crippen LogP contribution in [-0.2, 0) is 5.41 Å². The third-order valence-corrected chi connectivity index (χ3v) is 3.77. The number of benzene rings is 1. The molecule has 0 aromatic heterocycles. The molecule has 1 aromatic rings. The highest BCUT2D eigenvalue weighted by Gasteiger charge is 2.41. The minimum atomic E-state index is 0. The summed E-state index contributed by atoms with van der Waals surface area (Å²) in [6, 6.07) is 6.58. The number of ether oxygens (including phenoxy) is 1. The summed E-state index contributed by atoms with van der Waals surface area (Å²) in [7, 11) is 0. The van der Waals surface area contributed by atoms with E-state index in [9.17, 15) is 0 Å². The van der Waals surface area contributed by atoms with Crippen molar-refractivity contribution in [3.8, 4) is 5.75 Å². The molecule has 16 heavy (non-hydrogen) atoms. The second kappa shape index (κ2) is 4.27. The molecule has 2 nitrogen and oxygen atoms in total. The first-order valence-corrected chi connectivity index (χ1v) is 5.75. The largest absolute Gasteiger partial charge is 0.492 e. The maximum Gasteiger partial charge on any atom is 0.123 e. The van der Waals surface area contributed by atoms with Gasteiger partial charge in [0, 0.05) is 11.0 Å². The first kappa shape index (κ1) is 11.7. The quantitative estimate of drug-likeness (QED) is 0.751. The molecule has 3 heteroatoms. The summed E-state index contributed by atoms with van der Waals surface area (Å²) >= 11 is 0. The van der Waals surface area contributed by atoms with Crippen LogP contribution in [0.15, 0.2) is 18.2 Å². The van der Waals surface area contributed by atoms with Crippen LogP contribution >= 0.6 is 12.4 Å². The van der Waals surface area contributed by atoms with E-state index in [-0.39, 0.29) is 12.4 Å². The smallest absolute Gasteiger partial charge is 0.123 e. The molecule has 1 fully saturated rings. The molecular formula is C13H18ClNO. The van der Waals surface area contributed by atoms with Crippen molar-refractivity contribution in [3.63, 3.8) is 0 Å². The molecule has 0 unspecified atom stereocenters. The van der Waals surface area contributed by atoms with Gasteiger partial charge in [0.25, 0.3) is 0 Å². The van der Waals surface area contributed by atoms with Gasteiger partial charge in [-0.1, -0.05) is 17.7 Å². The van der Waals surface area contributed by atoms with Crippen molar-refractivity contribution in [2.24, 2.45) is 0 Å². The van der Waals surface area contributed by atoms with E-state index in [1.165, 1.54) is 24.0 Å². The molecule has 1 aromatic carbocycles. The third-order valence-electron chi connectivity index (χ3n) is 3.77. The Bertz CT molecular complexity index is 380. The first-order chi connectivity index (χ1) is 7.30. The predicted molar refractivity (Wildman–Crippen MR) is 67.7 cm³/mol. The molecule has 3 rings (SSSR count). The minimum Gasteiger partial charge on any atom is -0.492 e. The zero-order chi connectivity index (χ0) is 10.3. The highest BCUT2D eigenvalue weighted by Crippen LogP contribution is 2.44. The Kier molecular flexibility index (Phi) is 3.13. The van der Waals surface area contributed by atoms with Gasteiger partial charge in [0.2, 0.25) is 0 Å². The highest BCUT2D eigenvalue weighted by molar-refractivity contribution is 5.85. The van der Waals surface area contributed by atoms with E-state index in [0.717, 1.165) is 25.4 Å². The average molecular weight is 240 g/mol. The maximum atomic E-state index is 5.82. The van der Waals surface area contributed by atoms with Crippen molar-refractivity contribution < 1.29 is 4.74 Å². The first-order valence-electron chi connectivity index (χ1n) is 5.75. The van der Waals surface area contributed by atoms with Gasteiger partial charge in [-0.3, -0.25) is 0 Å². The van der Waals surface area contributed by atoms with Gasteiger partial charge in [-0.25, -0.2) is 0 Å². The van der Waals surface area contributed by atoms with Crippen molar-refractivity contribution in [2.75, 3.05) is 19.7 Å². The standard InChI is InChI=1S/C13H17NO.ClH/c1-10-2-3-12-11(8-10)13(9-15-12)4-6-14-7-5-13;/h2-3,8,14H,4-7,9H2,1H3;1H. The van der Waals surface area contributed by atoms with Crippen molar-refractivity contribution in [2.45, 2.75) is 25.2 Å². The molecule has 0 amide bonds. The number of rotatable bonds is 0. The molecule has 0 radical (unpaired) electrons. The maximum absolute atomic E-state index is 5.82. The lowest BCUT2D eigenvalue weighted by atomic mass is 9.74. The Balaban J connectivity index is 0.000000963. The topological polar surface area (TPSA) is 21.3 Å². The predicted octanol–water partition coefficient (Wildman–Crippen LogP) is 2.43. The fourth-order valence-corrected chi connectivity index (χ4v) is 2.80. The second-order valence-corrected chi connectivity index (χ2v) is 4.82.